The Labute approximate surface area is 143 Å². The maximum Gasteiger partial charge on any atom is 0.173 e. The van der Waals surface area contributed by atoms with Crippen LogP contribution in [0.25, 0.3) is 0 Å². The van der Waals surface area contributed by atoms with Crippen LogP contribution in [0.5, 0.6) is 5.75 Å². The van der Waals surface area contributed by atoms with Crippen LogP contribution in [-0.2, 0) is 0 Å². The predicted octanol–water partition coefficient (Wildman–Crippen LogP) is 4.81. The van der Waals surface area contributed by atoms with Crippen molar-refractivity contribution >= 4 is 11.6 Å². The molecule has 1 unspecified atom stereocenters. The Morgan fingerprint density at radius 3 is 1.88 bits per heavy atom. The standard InChI is InChI=1S/C21H24O3/c1-15(19(22)16-8-6-5-7-9-16)20(23)17-10-12-18(13-11-17)24-14-21(2,3)4/h5-13,15H,14H2,1-4H3. The summed E-state index contributed by atoms with van der Waals surface area (Å²) in [5, 5.41) is 0. The lowest BCUT2D eigenvalue weighted by Gasteiger charge is -2.19. The second-order valence-electron chi connectivity index (χ2n) is 7.19. The molecule has 0 aliphatic heterocycles. The summed E-state index contributed by atoms with van der Waals surface area (Å²) in [5.74, 6) is -0.308. The maximum atomic E-state index is 12.5. The Morgan fingerprint density at radius 2 is 1.38 bits per heavy atom. The van der Waals surface area contributed by atoms with Crippen molar-refractivity contribution in [3.63, 3.8) is 0 Å². The van der Waals surface area contributed by atoms with Gasteiger partial charge in [0, 0.05) is 11.1 Å². The number of rotatable bonds is 6. The number of benzene rings is 2. The number of Topliss-reactive ketones (excluding diaryl/α,β-unsaturated/α-hetero) is 2. The van der Waals surface area contributed by atoms with Gasteiger partial charge < -0.3 is 4.74 Å². The molecule has 2 rings (SSSR count). The third-order valence-corrected chi connectivity index (χ3v) is 3.66. The Kier molecular flexibility index (Phi) is 5.55. The van der Waals surface area contributed by atoms with E-state index in [0.717, 1.165) is 5.75 Å². The quantitative estimate of drug-likeness (QED) is 0.565. The molecule has 3 heteroatoms. The smallest absolute Gasteiger partial charge is 0.173 e. The summed E-state index contributed by atoms with van der Waals surface area (Å²) in [6, 6.07) is 15.9. The molecular formula is C21H24O3. The lowest BCUT2D eigenvalue weighted by Crippen LogP contribution is -2.21. The van der Waals surface area contributed by atoms with E-state index in [1.165, 1.54) is 0 Å². The molecule has 0 N–H and O–H groups in total. The average molecular weight is 324 g/mol. The SMILES string of the molecule is CC(C(=O)c1ccccc1)C(=O)c1ccc(OCC(C)(C)C)cc1. The molecule has 2 aromatic carbocycles. The summed E-state index contributed by atoms with van der Waals surface area (Å²) in [5.41, 5.74) is 1.16. The number of hydrogen-bond acceptors (Lipinski definition) is 3. The van der Waals surface area contributed by atoms with Crippen molar-refractivity contribution in [2.45, 2.75) is 27.7 Å². The minimum absolute atomic E-state index is 0.0745. The van der Waals surface area contributed by atoms with E-state index in [4.69, 9.17) is 4.74 Å². The van der Waals surface area contributed by atoms with E-state index < -0.39 is 5.92 Å². The van der Waals surface area contributed by atoms with Crippen molar-refractivity contribution in [3.05, 3.63) is 65.7 Å². The zero-order chi connectivity index (χ0) is 17.7. The molecule has 0 aromatic heterocycles. The van der Waals surface area contributed by atoms with Crippen molar-refractivity contribution in [2.24, 2.45) is 11.3 Å². The fourth-order valence-corrected chi connectivity index (χ4v) is 2.24. The van der Waals surface area contributed by atoms with Gasteiger partial charge in [-0.15, -0.1) is 0 Å². The van der Waals surface area contributed by atoms with Gasteiger partial charge in [0.1, 0.15) is 5.75 Å². The number of carbonyl (C=O) groups excluding carboxylic acids is 2. The molecule has 2 aromatic rings. The lowest BCUT2D eigenvalue weighted by molar-refractivity contribution is 0.0820. The lowest BCUT2D eigenvalue weighted by atomic mass is 9.91. The molecule has 0 aliphatic rings. The molecule has 24 heavy (non-hydrogen) atoms. The Balaban J connectivity index is 2.05. The van der Waals surface area contributed by atoms with E-state index >= 15 is 0 Å². The Hall–Kier alpha value is -2.42. The van der Waals surface area contributed by atoms with Crippen LogP contribution >= 0.6 is 0 Å². The molecule has 0 aliphatic carbocycles. The van der Waals surface area contributed by atoms with Crippen LogP contribution in [0.1, 0.15) is 48.4 Å². The molecule has 0 bridgehead atoms. The second kappa shape index (κ2) is 7.43. The van der Waals surface area contributed by atoms with Crippen LogP contribution in [0.15, 0.2) is 54.6 Å². The Morgan fingerprint density at radius 1 is 0.875 bits per heavy atom. The van der Waals surface area contributed by atoms with Gasteiger partial charge in [0.05, 0.1) is 12.5 Å². The molecule has 126 valence electrons. The normalized spacial score (nSPS) is 12.5. The molecule has 0 spiro atoms. The summed E-state index contributed by atoms with van der Waals surface area (Å²) >= 11 is 0. The van der Waals surface area contributed by atoms with Crippen LogP contribution < -0.4 is 4.74 Å². The van der Waals surface area contributed by atoms with E-state index in [-0.39, 0.29) is 17.0 Å². The minimum Gasteiger partial charge on any atom is -0.493 e. The highest BCUT2D eigenvalue weighted by molar-refractivity contribution is 6.15. The Bertz CT molecular complexity index is 694. The topological polar surface area (TPSA) is 43.4 Å². The van der Waals surface area contributed by atoms with Gasteiger partial charge in [-0.25, -0.2) is 0 Å². The van der Waals surface area contributed by atoms with Gasteiger partial charge in [-0.1, -0.05) is 51.1 Å². The minimum atomic E-state index is -0.700. The van der Waals surface area contributed by atoms with Gasteiger partial charge in [0.2, 0.25) is 0 Å². The zero-order valence-corrected chi connectivity index (χ0v) is 14.7. The molecular weight excluding hydrogens is 300 g/mol. The first kappa shape index (κ1) is 17.9. The van der Waals surface area contributed by atoms with E-state index in [9.17, 15) is 9.59 Å². The first-order chi connectivity index (χ1) is 11.3. The number of ether oxygens (including phenoxy) is 1. The number of hydrogen-bond donors (Lipinski definition) is 0. The van der Waals surface area contributed by atoms with E-state index in [0.29, 0.717) is 17.7 Å². The average Bonchev–Trinajstić information content (AvgIpc) is 2.58. The van der Waals surface area contributed by atoms with Crippen LogP contribution in [0.4, 0.5) is 0 Å². The predicted molar refractivity (Wildman–Crippen MR) is 95.7 cm³/mol. The van der Waals surface area contributed by atoms with E-state index in [1.807, 2.05) is 6.07 Å². The van der Waals surface area contributed by atoms with Gasteiger partial charge in [-0.2, -0.15) is 0 Å². The third-order valence-electron chi connectivity index (χ3n) is 3.66. The molecule has 1 atom stereocenters. The first-order valence-corrected chi connectivity index (χ1v) is 8.14. The van der Waals surface area contributed by atoms with Gasteiger partial charge in [0.25, 0.3) is 0 Å². The summed E-state index contributed by atoms with van der Waals surface area (Å²) < 4.78 is 5.70. The molecule has 0 saturated carbocycles. The van der Waals surface area contributed by atoms with Crippen molar-refractivity contribution in [3.8, 4) is 5.75 Å². The van der Waals surface area contributed by atoms with E-state index in [2.05, 4.69) is 20.8 Å². The summed E-state index contributed by atoms with van der Waals surface area (Å²) in [6.45, 7) is 8.55. The highest BCUT2D eigenvalue weighted by Crippen LogP contribution is 2.20. The molecule has 0 amide bonds. The van der Waals surface area contributed by atoms with Crippen molar-refractivity contribution in [2.75, 3.05) is 6.61 Å². The van der Waals surface area contributed by atoms with Crippen molar-refractivity contribution < 1.29 is 14.3 Å². The third kappa shape index (κ3) is 4.79. The van der Waals surface area contributed by atoms with Crippen molar-refractivity contribution in [1.82, 2.24) is 0 Å². The van der Waals surface area contributed by atoms with Gasteiger partial charge in [-0.05, 0) is 36.6 Å². The van der Waals surface area contributed by atoms with Crippen molar-refractivity contribution in [1.29, 1.82) is 0 Å². The zero-order valence-electron chi connectivity index (χ0n) is 14.7. The van der Waals surface area contributed by atoms with Crippen LogP contribution in [0, 0.1) is 11.3 Å². The summed E-state index contributed by atoms with van der Waals surface area (Å²) in [4.78, 5) is 24.9. The number of ketones is 2. The van der Waals surface area contributed by atoms with Gasteiger partial charge >= 0.3 is 0 Å². The maximum absolute atomic E-state index is 12.5. The molecule has 0 saturated heterocycles. The molecule has 3 nitrogen and oxygen atoms in total. The fraction of sp³-hybridized carbons (Fsp3) is 0.333. The monoisotopic (exact) mass is 324 g/mol. The fourth-order valence-electron chi connectivity index (χ4n) is 2.24. The van der Waals surface area contributed by atoms with Crippen LogP contribution in [0.3, 0.4) is 0 Å². The number of carbonyl (C=O) groups is 2. The first-order valence-electron chi connectivity index (χ1n) is 8.14. The van der Waals surface area contributed by atoms with Gasteiger partial charge in [-0.3, -0.25) is 9.59 Å². The largest absolute Gasteiger partial charge is 0.493 e. The summed E-state index contributed by atoms with van der Waals surface area (Å²) in [7, 11) is 0. The molecule has 0 fully saturated rings. The highest BCUT2D eigenvalue weighted by Gasteiger charge is 2.23. The summed E-state index contributed by atoms with van der Waals surface area (Å²) in [6.07, 6.45) is 0. The van der Waals surface area contributed by atoms with E-state index in [1.54, 1.807) is 55.5 Å². The molecule has 0 radical (unpaired) electrons. The van der Waals surface area contributed by atoms with Crippen LogP contribution in [0.2, 0.25) is 0 Å². The van der Waals surface area contributed by atoms with Gasteiger partial charge in [0.15, 0.2) is 11.6 Å². The molecule has 0 heterocycles. The van der Waals surface area contributed by atoms with Crippen LogP contribution in [-0.4, -0.2) is 18.2 Å². The highest BCUT2D eigenvalue weighted by atomic mass is 16.5. The second-order valence-corrected chi connectivity index (χ2v) is 7.19.